The fourth-order valence-electron chi connectivity index (χ4n) is 1.68. The van der Waals surface area contributed by atoms with Crippen LogP contribution in [0, 0.1) is 5.82 Å². The number of hydrogen-bond acceptors (Lipinski definition) is 5. The quantitative estimate of drug-likeness (QED) is 0.889. The molecule has 0 radical (unpaired) electrons. The number of anilines is 2. The van der Waals surface area contributed by atoms with Crippen LogP contribution in [0.5, 0.6) is 0 Å². The lowest BCUT2D eigenvalue weighted by atomic mass is 10.2. The molecule has 3 N–H and O–H groups in total. The number of nitrogens with one attached hydrogen (secondary N) is 1. The summed E-state index contributed by atoms with van der Waals surface area (Å²) in [5.74, 6) is -0.494. The van der Waals surface area contributed by atoms with Crippen molar-refractivity contribution in [3.8, 4) is 0 Å². The van der Waals surface area contributed by atoms with E-state index in [9.17, 15) is 9.18 Å². The molecule has 0 atom stereocenters. The molecule has 0 aliphatic carbocycles. The van der Waals surface area contributed by atoms with Crippen LogP contribution in [0.25, 0.3) is 0 Å². The van der Waals surface area contributed by atoms with E-state index in [0.29, 0.717) is 15.6 Å². The summed E-state index contributed by atoms with van der Waals surface area (Å²) in [7, 11) is 1.87. The summed E-state index contributed by atoms with van der Waals surface area (Å²) in [4.78, 5) is 18.5. The molecule has 1 aromatic heterocycles. The van der Waals surface area contributed by atoms with Crippen molar-refractivity contribution in [2.24, 2.45) is 0 Å². The van der Waals surface area contributed by atoms with Gasteiger partial charge < -0.3 is 16.0 Å². The number of carbonyl (C=O) groups is 1. The van der Waals surface area contributed by atoms with E-state index in [2.05, 4.69) is 10.3 Å². The molecule has 0 aliphatic heterocycles. The fraction of sp³-hybridized carbons (Fsp3) is 0.286. The van der Waals surface area contributed by atoms with Gasteiger partial charge in [0.25, 0.3) is 5.91 Å². The molecular weight excluding hydrogens is 291 g/mol. The number of nitrogen functional groups attached to an aromatic ring is 1. The number of halogens is 1. The Kier molecular flexibility index (Phi) is 4.74. The highest BCUT2D eigenvalue weighted by molar-refractivity contribution is 7.18. The molecule has 0 unspecified atom stereocenters. The summed E-state index contributed by atoms with van der Waals surface area (Å²) in [6.45, 7) is 2.86. The number of benzene rings is 1. The lowest BCUT2D eigenvalue weighted by molar-refractivity contribution is 0.0955. The monoisotopic (exact) mass is 308 g/mol. The van der Waals surface area contributed by atoms with Crippen LogP contribution in [0.3, 0.4) is 0 Å². The molecule has 0 aliphatic rings. The normalized spacial score (nSPS) is 10.4. The Bertz CT molecular complexity index is 644. The summed E-state index contributed by atoms with van der Waals surface area (Å²) in [5.41, 5.74) is 6.20. The van der Waals surface area contributed by atoms with E-state index >= 15 is 0 Å². The predicted octanol–water partition coefficient (Wildman–Crippen LogP) is 2.25. The Balaban J connectivity index is 2.07. The van der Waals surface area contributed by atoms with Crippen molar-refractivity contribution >= 4 is 28.2 Å². The third kappa shape index (κ3) is 3.49. The first-order chi connectivity index (χ1) is 10.0. The van der Waals surface area contributed by atoms with Gasteiger partial charge in [0.15, 0.2) is 5.13 Å². The van der Waals surface area contributed by atoms with Crippen molar-refractivity contribution in [3.63, 3.8) is 0 Å². The van der Waals surface area contributed by atoms with Crippen LogP contribution >= 0.6 is 11.3 Å². The number of carbonyl (C=O) groups excluding carboxylic acids is 1. The summed E-state index contributed by atoms with van der Waals surface area (Å²) in [6, 6.07) is 6.31. The third-order valence-corrected chi connectivity index (χ3v) is 4.23. The van der Waals surface area contributed by atoms with Crippen molar-refractivity contribution in [1.29, 1.82) is 0 Å². The van der Waals surface area contributed by atoms with Crippen molar-refractivity contribution < 1.29 is 9.18 Å². The van der Waals surface area contributed by atoms with Crippen LogP contribution in [0.2, 0.25) is 0 Å². The van der Waals surface area contributed by atoms with Gasteiger partial charge >= 0.3 is 0 Å². The van der Waals surface area contributed by atoms with E-state index in [-0.39, 0.29) is 24.1 Å². The Morgan fingerprint density at radius 3 is 2.86 bits per heavy atom. The number of rotatable bonds is 5. The second-order valence-electron chi connectivity index (χ2n) is 4.50. The smallest absolute Gasteiger partial charge is 0.265 e. The van der Waals surface area contributed by atoms with E-state index in [4.69, 9.17) is 5.73 Å². The molecule has 1 heterocycles. The number of hydrogen-bond donors (Lipinski definition) is 2. The summed E-state index contributed by atoms with van der Waals surface area (Å²) >= 11 is 1.22. The van der Waals surface area contributed by atoms with Crippen LogP contribution in [-0.2, 0) is 6.54 Å². The Morgan fingerprint density at radius 2 is 2.19 bits per heavy atom. The average molecular weight is 308 g/mol. The molecule has 5 nitrogen and oxygen atoms in total. The maximum absolute atomic E-state index is 13.5. The molecule has 0 fully saturated rings. The molecule has 2 aromatic rings. The van der Waals surface area contributed by atoms with Gasteiger partial charge in [-0.2, -0.15) is 0 Å². The fourth-order valence-corrected chi connectivity index (χ4v) is 2.61. The van der Waals surface area contributed by atoms with Gasteiger partial charge in [-0.25, -0.2) is 9.37 Å². The second kappa shape index (κ2) is 6.53. The van der Waals surface area contributed by atoms with Gasteiger partial charge in [0, 0.05) is 25.7 Å². The minimum atomic E-state index is -0.346. The summed E-state index contributed by atoms with van der Waals surface area (Å²) in [5, 5.41) is 3.35. The highest BCUT2D eigenvalue weighted by atomic mass is 32.1. The van der Waals surface area contributed by atoms with Gasteiger partial charge in [0.2, 0.25) is 0 Å². The largest absolute Gasteiger partial charge is 0.382 e. The van der Waals surface area contributed by atoms with Crippen molar-refractivity contribution in [1.82, 2.24) is 10.3 Å². The third-order valence-electron chi connectivity index (χ3n) is 3.05. The number of amides is 1. The van der Waals surface area contributed by atoms with Gasteiger partial charge in [0.05, 0.1) is 0 Å². The van der Waals surface area contributed by atoms with Gasteiger partial charge in [0.1, 0.15) is 16.5 Å². The minimum Gasteiger partial charge on any atom is -0.382 e. The zero-order valence-corrected chi connectivity index (χ0v) is 12.7. The topological polar surface area (TPSA) is 71.2 Å². The molecule has 0 saturated carbocycles. The molecule has 21 heavy (non-hydrogen) atoms. The molecule has 1 amide bonds. The first-order valence-corrected chi connectivity index (χ1v) is 7.33. The molecule has 112 valence electrons. The maximum Gasteiger partial charge on any atom is 0.265 e. The van der Waals surface area contributed by atoms with Crippen LogP contribution in [0.15, 0.2) is 24.3 Å². The zero-order valence-electron chi connectivity index (χ0n) is 11.9. The molecule has 2 rings (SSSR count). The Hall–Kier alpha value is -2.15. The zero-order chi connectivity index (χ0) is 15.4. The van der Waals surface area contributed by atoms with Crippen LogP contribution in [0.4, 0.5) is 15.3 Å². The number of thiazole rings is 1. The highest BCUT2D eigenvalue weighted by Gasteiger charge is 2.17. The van der Waals surface area contributed by atoms with Crippen molar-refractivity contribution in [2.45, 2.75) is 13.5 Å². The second-order valence-corrected chi connectivity index (χ2v) is 5.48. The van der Waals surface area contributed by atoms with E-state index in [1.54, 1.807) is 18.2 Å². The van der Waals surface area contributed by atoms with E-state index in [0.717, 1.165) is 6.54 Å². The van der Waals surface area contributed by atoms with Gasteiger partial charge in [-0.3, -0.25) is 4.79 Å². The minimum absolute atomic E-state index is 0.113. The molecule has 0 spiro atoms. The maximum atomic E-state index is 13.5. The number of aromatic nitrogens is 1. The highest BCUT2D eigenvalue weighted by Crippen LogP contribution is 2.27. The van der Waals surface area contributed by atoms with E-state index in [1.165, 1.54) is 17.4 Å². The lowest BCUT2D eigenvalue weighted by Crippen LogP contribution is -2.23. The standard InChI is InChI=1S/C14H17FN4OS/c1-3-19(2)14-18-12(16)11(21-14)13(20)17-8-9-6-4-5-7-10(9)15/h4-7H,3,8,16H2,1-2H3,(H,17,20). The molecule has 0 bridgehead atoms. The molecule has 7 heteroatoms. The molecular formula is C14H17FN4OS. The summed E-state index contributed by atoms with van der Waals surface area (Å²) < 4.78 is 13.5. The van der Waals surface area contributed by atoms with Crippen LogP contribution in [-0.4, -0.2) is 24.5 Å². The molecule has 1 aromatic carbocycles. The predicted molar refractivity (Wildman–Crippen MR) is 83.0 cm³/mol. The van der Waals surface area contributed by atoms with Crippen LogP contribution < -0.4 is 16.0 Å². The Labute approximate surface area is 126 Å². The Morgan fingerprint density at radius 1 is 1.48 bits per heavy atom. The van der Waals surface area contributed by atoms with E-state index in [1.807, 2.05) is 18.9 Å². The van der Waals surface area contributed by atoms with Gasteiger partial charge in [-0.05, 0) is 13.0 Å². The molecule has 0 saturated heterocycles. The van der Waals surface area contributed by atoms with Gasteiger partial charge in [-0.1, -0.05) is 29.5 Å². The van der Waals surface area contributed by atoms with Crippen LogP contribution in [0.1, 0.15) is 22.2 Å². The summed E-state index contributed by atoms with van der Waals surface area (Å²) in [6.07, 6.45) is 0. The average Bonchev–Trinajstić information content (AvgIpc) is 2.87. The van der Waals surface area contributed by atoms with E-state index < -0.39 is 0 Å². The number of nitrogens with zero attached hydrogens (tertiary/aromatic N) is 2. The lowest BCUT2D eigenvalue weighted by Gasteiger charge is -2.10. The SMILES string of the molecule is CCN(C)c1nc(N)c(C(=O)NCc2ccccc2F)s1. The first-order valence-electron chi connectivity index (χ1n) is 6.52. The number of nitrogens with two attached hydrogens (primary N) is 1. The van der Waals surface area contributed by atoms with Gasteiger partial charge in [-0.15, -0.1) is 0 Å². The van der Waals surface area contributed by atoms with Crippen molar-refractivity contribution in [2.75, 3.05) is 24.2 Å². The van der Waals surface area contributed by atoms with Crippen molar-refractivity contribution in [3.05, 3.63) is 40.5 Å². The first kappa shape index (κ1) is 15.2.